The van der Waals surface area contributed by atoms with Crippen molar-refractivity contribution in [2.24, 2.45) is 11.8 Å². The number of carbonyl (C=O) groups is 1. The number of benzene rings is 1. The Balaban J connectivity index is 1.70. The molecule has 1 unspecified atom stereocenters. The lowest BCUT2D eigenvalue weighted by Crippen LogP contribution is -2.31. The highest BCUT2D eigenvalue weighted by atomic mass is 19.4. The number of carbonyl (C=O) groups excluding carboxylic acids is 1. The zero-order valence-electron chi connectivity index (χ0n) is 13.4. The van der Waals surface area contributed by atoms with Crippen LogP contribution in [0.25, 0.3) is 0 Å². The van der Waals surface area contributed by atoms with Gasteiger partial charge in [0.05, 0.1) is 10.5 Å². The van der Waals surface area contributed by atoms with Gasteiger partial charge in [-0.05, 0) is 31.2 Å². The van der Waals surface area contributed by atoms with Gasteiger partial charge in [-0.15, -0.1) is 0 Å². The zero-order valence-corrected chi connectivity index (χ0v) is 13.4. The van der Waals surface area contributed by atoms with E-state index in [4.69, 9.17) is 0 Å². The van der Waals surface area contributed by atoms with E-state index in [1.54, 1.807) is 4.90 Å². The molecule has 3 rings (SSSR count). The summed E-state index contributed by atoms with van der Waals surface area (Å²) >= 11 is 0. The number of nitro benzene ring substituents is 1. The number of rotatable bonds is 5. The molecule has 9 heteroatoms. The minimum atomic E-state index is -4.68. The SMILES string of the molecule is O=C(C1CC1)N1CCC(CNc2c([N+](=O)[O-])cccc2C(F)(F)F)C1. The zero-order chi connectivity index (χ0) is 18.2. The summed E-state index contributed by atoms with van der Waals surface area (Å²) in [5, 5.41) is 13.7. The van der Waals surface area contributed by atoms with Gasteiger partial charge in [0.1, 0.15) is 5.69 Å². The van der Waals surface area contributed by atoms with Crippen molar-refractivity contribution in [2.45, 2.75) is 25.4 Å². The molecule has 0 aromatic heterocycles. The molecule has 1 aromatic carbocycles. The summed E-state index contributed by atoms with van der Waals surface area (Å²) in [6.45, 7) is 1.22. The Morgan fingerprint density at radius 1 is 1.32 bits per heavy atom. The number of likely N-dealkylation sites (tertiary alicyclic amines) is 1. The fourth-order valence-corrected chi connectivity index (χ4v) is 3.15. The van der Waals surface area contributed by atoms with E-state index >= 15 is 0 Å². The van der Waals surface area contributed by atoms with Crippen LogP contribution in [0.5, 0.6) is 0 Å². The van der Waals surface area contributed by atoms with E-state index in [-0.39, 0.29) is 24.3 Å². The Morgan fingerprint density at radius 3 is 2.64 bits per heavy atom. The number of nitro groups is 1. The monoisotopic (exact) mass is 357 g/mol. The molecule has 1 atom stereocenters. The molecule has 1 saturated heterocycles. The third-order valence-corrected chi connectivity index (χ3v) is 4.64. The second-order valence-corrected chi connectivity index (χ2v) is 6.55. The number of nitrogens with one attached hydrogen (secondary N) is 1. The highest BCUT2D eigenvalue weighted by molar-refractivity contribution is 5.81. The number of para-hydroxylation sites is 1. The number of alkyl halides is 3. The van der Waals surface area contributed by atoms with Crippen LogP contribution in [-0.2, 0) is 11.0 Å². The number of hydrogen-bond acceptors (Lipinski definition) is 4. The molecule has 2 aliphatic rings. The molecule has 1 heterocycles. The van der Waals surface area contributed by atoms with Gasteiger partial charge in [-0.3, -0.25) is 14.9 Å². The minimum Gasteiger partial charge on any atom is -0.379 e. The summed E-state index contributed by atoms with van der Waals surface area (Å²) in [6, 6.07) is 2.90. The first-order valence-electron chi connectivity index (χ1n) is 8.14. The summed E-state index contributed by atoms with van der Waals surface area (Å²) < 4.78 is 39.4. The maximum atomic E-state index is 13.1. The van der Waals surface area contributed by atoms with E-state index in [1.165, 1.54) is 0 Å². The van der Waals surface area contributed by atoms with E-state index in [9.17, 15) is 28.1 Å². The molecular formula is C16H18F3N3O3. The average Bonchev–Trinajstić information content (AvgIpc) is 3.29. The summed E-state index contributed by atoms with van der Waals surface area (Å²) in [6.07, 6.45) is -2.20. The van der Waals surface area contributed by atoms with E-state index in [0.717, 1.165) is 31.0 Å². The first-order valence-corrected chi connectivity index (χ1v) is 8.14. The Kier molecular flexibility index (Phi) is 4.57. The molecule has 6 nitrogen and oxygen atoms in total. The molecule has 1 N–H and O–H groups in total. The van der Waals surface area contributed by atoms with Gasteiger partial charge in [-0.25, -0.2) is 0 Å². The predicted octanol–water partition coefficient (Wildman–Crippen LogP) is 3.28. The first-order chi connectivity index (χ1) is 11.8. The van der Waals surface area contributed by atoms with Crippen LogP contribution in [0, 0.1) is 22.0 Å². The minimum absolute atomic E-state index is 0.0245. The number of nitrogens with zero attached hydrogens (tertiary/aromatic N) is 2. The molecule has 1 saturated carbocycles. The van der Waals surface area contributed by atoms with Crippen molar-refractivity contribution in [2.75, 3.05) is 25.0 Å². The number of hydrogen-bond donors (Lipinski definition) is 1. The quantitative estimate of drug-likeness (QED) is 0.648. The van der Waals surface area contributed by atoms with Crippen LogP contribution in [0.1, 0.15) is 24.8 Å². The summed E-state index contributed by atoms with van der Waals surface area (Å²) in [4.78, 5) is 24.0. The maximum absolute atomic E-state index is 13.1. The van der Waals surface area contributed by atoms with Crippen LogP contribution in [0.3, 0.4) is 0 Å². The summed E-state index contributed by atoms with van der Waals surface area (Å²) in [7, 11) is 0. The topological polar surface area (TPSA) is 75.5 Å². The van der Waals surface area contributed by atoms with Crippen LogP contribution < -0.4 is 5.32 Å². The molecule has 0 spiro atoms. The lowest BCUT2D eigenvalue weighted by molar-refractivity contribution is -0.384. The Labute approximate surface area is 142 Å². The fraction of sp³-hybridized carbons (Fsp3) is 0.562. The third-order valence-electron chi connectivity index (χ3n) is 4.64. The van der Waals surface area contributed by atoms with Gasteiger partial charge in [0, 0.05) is 31.6 Å². The van der Waals surface area contributed by atoms with E-state index < -0.39 is 28.0 Å². The van der Waals surface area contributed by atoms with Crippen molar-refractivity contribution in [1.82, 2.24) is 4.90 Å². The molecule has 1 amide bonds. The van der Waals surface area contributed by atoms with Crippen LogP contribution in [0.2, 0.25) is 0 Å². The highest BCUT2D eigenvalue weighted by Gasteiger charge is 2.38. The second-order valence-electron chi connectivity index (χ2n) is 6.55. The van der Waals surface area contributed by atoms with Crippen LogP contribution in [0.15, 0.2) is 18.2 Å². The number of amides is 1. The van der Waals surface area contributed by atoms with Crippen molar-refractivity contribution >= 4 is 17.3 Å². The van der Waals surface area contributed by atoms with Crippen molar-refractivity contribution in [3.8, 4) is 0 Å². The van der Waals surface area contributed by atoms with E-state index in [1.807, 2.05) is 0 Å². The van der Waals surface area contributed by atoms with Crippen LogP contribution in [-0.4, -0.2) is 35.4 Å². The first kappa shape index (κ1) is 17.5. The number of anilines is 1. The largest absolute Gasteiger partial charge is 0.418 e. The van der Waals surface area contributed by atoms with Gasteiger partial charge >= 0.3 is 6.18 Å². The summed E-state index contributed by atoms with van der Waals surface area (Å²) in [5.41, 5.74) is -2.16. The molecule has 2 fully saturated rings. The van der Waals surface area contributed by atoms with Crippen molar-refractivity contribution in [3.05, 3.63) is 33.9 Å². The Bertz CT molecular complexity index is 689. The van der Waals surface area contributed by atoms with Gasteiger partial charge in [0.15, 0.2) is 0 Å². The van der Waals surface area contributed by atoms with Crippen LogP contribution in [0.4, 0.5) is 24.5 Å². The molecule has 25 heavy (non-hydrogen) atoms. The maximum Gasteiger partial charge on any atom is 0.418 e. The fourth-order valence-electron chi connectivity index (χ4n) is 3.15. The summed E-state index contributed by atoms with van der Waals surface area (Å²) in [5.74, 6) is 0.200. The lowest BCUT2D eigenvalue weighted by Gasteiger charge is -2.18. The second kappa shape index (κ2) is 6.53. The Morgan fingerprint density at radius 2 is 2.04 bits per heavy atom. The predicted molar refractivity (Wildman–Crippen MR) is 84.0 cm³/mol. The Hall–Kier alpha value is -2.32. The molecule has 1 aliphatic carbocycles. The lowest BCUT2D eigenvalue weighted by atomic mass is 10.1. The van der Waals surface area contributed by atoms with Gasteiger partial charge in [0.2, 0.25) is 5.91 Å². The average molecular weight is 357 g/mol. The van der Waals surface area contributed by atoms with Crippen molar-refractivity contribution in [3.63, 3.8) is 0 Å². The van der Waals surface area contributed by atoms with Gasteiger partial charge in [-0.1, -0.05) is 6.07 Å². The molecule has 0 radical (unpaired) electrons. The molecule has 1 aromatic rings. The van der Waals surface area contributed by atoms with Gasteiger partial charge in [-0.2, -0.15) is 13.2 Å². The smallest absolute Gasteiger partial charge is 0.379 e. The molecule has 1 aliphatic heterocycles. The standard InChI is InChI=1S/C16H18F3N3O3/c17-16(18,19)12-2-1-3-13(22(24)25)14(12)20-8-10-6-7-21(9-10)15(23)11-4-5-11/h1-3,10-11,20H,4-9H2. The molecular weight excluding hydrogens is 339 g/mol. The number of halogens is 3. The van der Waals surface area contributed by atoms with Crippen molar-refractivity contribution in [1.29, 1.82) is 0 Å². The van der Waals surface area contributed by atoms with E-state index in [2.05, 4.69) is 5.32 Å². The molecule has 0 bridgehead atoms. The van der Waals surface area contributed by atoms with Crippen LogP contribution >= 0.6 is 0 Å². The van der Waals surface area contributed by atoms with E-state index in [0.29, 0.717) is 19.5 Å². The highest BCUT2D eigenvalue weighted by Crippen LogP contribution is 2.40. The van der Waals surface area contributed by atoms with Gasteiger partial charge < -0.3 is 10.2 Å². The van der Waals surface area contributed by atoms with Crippen molar-refractivity contribution < 1.29 is 22.9 Å². The third kappa shape index (κ3) is 3.85. The molecule has 136 valence electrons. The normalized spacial score (nSPS) is 20.6. The van der Waals surface area contributed by atoms with Gasteiger partial charge in [0.25, 0.3) is 5.69 Å².